The van der Waals surface area contributed by atoms with Gasteiger partial charge in [-0.25, -0.2) is 9.34 Å². The molecule has 5 heteroatoms. The van der Waals surface area contributed by atoms with Crippen LogP contribution in [0.15, 0.2) is 24.3 Å². The van der Waals surface area contributed by atoms with Crippen molar-refractivity contribution in [3.05, 3.63) is 24.3 Å². The third-order valence-corrected chi connectivity index (χ3v) is 11.0. The molecule has 0 saturated heterocycles. The van der Waals surface area contributed by atoms with E-state index in [1.165, 1.54) is 31.3 Å². The highest BCUT2D eigenvalue weighted by molar-refractivity contribution is 7.53. The molecule has 0 radical (unpaired) electrons. The van der Waals surface area contributed by atoms with Crippen molar-refractivity contribution < 1.29 is 9.09 Å². The van der Waals surface area contributed by atoms with Gasteiger partial charge in [-0.2, -0.15) is 0 Å². The first-order valence-corrected chi connectivity index (χ1v) is 12.9. The summed E-state index contributed by atoms with van der Waals surface area (Å²) in [4.78, 5) is 0. The topological polar surface area (TPSA) is 32.8 Å². The van der Waals surface area contributed by atoms with Crippen molar-refractivity contribution in [2.75, 3.05) is 28.2 Å². The molecule has 3 rings (SSSR count). The molecule has 0 aliphatic heterocycles. The third-order valence-electron chi connectivity index (χ3n) is 8.52. The largest absolute Gasteiger partial charge is 0.345 e. The van der Waals surface area contributed by atoms with Crippen LogP contribution in [0.5, 0.6) is 0 Å². The van der Waals surface area contributed by atoms with E-state index in [4.69, 9.17) is 4.52 Å². The zero-order valence-electron chi connectivity index (χ0n) is 19.9. The number of rotatable bonds is 6. The van der Waals surface area contributed by atoms with Crippen LogP contribution >= 0.6 is 7.67 Å². The lowest BCUT2D eigenvalue weighted by molar-refractivity contribution is 0.0407. The summed E-state index contributed by atoms with van der Waals surface area (Å²) >= 11 is 0. The second kappa shape index (κ2) is 8.26. The van der Waals surface area contributed by atoms with Crippen molar-refractivity contribution in [2.45, 2.75) is 59.5 Å². The highest BCUT2D eigenvalue weighted by Gasteiger charge is 2.58. The Hall–Kier alpha value is -0.410. The Morgan fingerprint density at radius 3 is 2.34 bits per heavy atom. The fourth-order valence-electron chi connectivity index (χ4n) is 6.87. The summed E-state index contributed by atoms with van der Waals surface area (Å²) in [5.41, 5.74) is 1.58. The van der Waals surface area contributed by atoms with Gasteiger partial charge in [-0.15, -0.1) is 6.58 Å². The minimum Gasteiger partial charge on any atom is -0.298 e. The van der Waals surface area contributed by atoms with E-state index in [1.54, 1.807) is 9.34 Å². The molecular weight excluding hydrogens is 379 g/mol. The molecule has 0 N–H and O–H groups in total. The van der Waals surface area contributed by atoms with E-state index in [9.17, 15) is 4.57 Å². The van der Waals surface area contributed by atoms with Crippen LogP contribution < -0.4 is 0 Å². The van der Waals surface area contributed by atoms with E-state index < -0.39 is 7.67 Å². The number of fused-ring (bicyclic) bond motifs is 3. The maximum Gasteiger partial charge on any atom is 0.345 e. The highest BCUT2D eigenvalue weighted by Crippen LogP contribution is 2.65. The molecular formula is C24H43N2O2P. The molecule has 4 nitrogen and oxygen atoms in total. The van der Waals surface area contributed by atoms with Crippen LogP contribution in [0.2, 0.25) is 0 Å². The summed E-state index contributed by atoms with van der Waals surface area (Å²) in [6.07, 6.45) is 9.57. The van der Waals surface area contributed by atoms with Crippen molar-refractivity contribution >= 4 is 7.67 Å². The maximum absolute atomic E-state index is 13.8. The van der Waals surface area contributed by atoms with Gasteiger partial charge in [0, 0.05) is 0 Å². The Bertz CT molecular complexity index is 689. The standard InChI is InChI=1S/C24H43N2O2P/c1-10-18-11-12-20-22(18)23(28-29(27,25(6)7)26(8)9)17(4)15-21-19(16(2)3)13-14-24(20,21)5/h10,15-16,18-23H,1,11-14H2,2-9H3/t18-,19-,20-,21-,22+,23?,24+/m0/s1. The monoisotopic (exact) mass is 422 g/mol. The SMILES string of the molecule is C=C[C@H]1CC[C@H]2[C@@H]1C(OP(=O)(N(C)C)N(C)C)C(C)=C[C@H]1[C@H](C(C)C)CC[C@@]12C. The molecule has 29 heavy (non-hydrogen) atoms. The molecule has 3 aliphatic carbocycles. The fourth-order valence-corrected chi connectivity index (χ4v) is 8.57. The summed E-state index contributed by atoms with van der Waals surface area (Å²) in [5, 5.41) is 0. The predicted molar refractivity (Wildman–Crippen MR) is 123 cm³/mol. The normalized spacial score (nSPS) is 40.2. The zero-order chi connectivity index (χ0) is 21.7. The third kappa shape index (κ3) is 3.73. The second-order valence-corrected chi connectivity index (χ2v) is 13.6. The van der Waals surface area contributed by atoms with Crippen molar-refractivity contribution in [1.29, 1.82) is 0 Å². The number of allylic oxidation sites excluding steroid dienone is 2. The average molecular weight is 423 g/mol. The molecule has 1 unspecified atom stereocenters. The summed E-state index contributed by atoms with van der Waals surface area (Å²) in [6.45, 7) is 13.7. The molecule has 0 aromatic heterocycles. The molecule has 3 aliphatic rings. The quantitative estimate of drug-likeness (QED) is 0.384. The summed E-state index contributed by atoms with van der Waals surface area (Å²) in [6, 6.07) is 0. The van der Waals surface area contributed by atoms with Gasteiger partial charge in [-0.1, -0.05) is 32.9 Å². The highest BCUT2D eigenvalue weighted by atomic mass is 31.2. The second-order valence-electron chi connectivity index (χ2n) is 10.8. The van der Waals surface area contributed by atoms with E-state index in [0.29, 0.717) is 35.0 Å². The molecule has 0 aromatic carbocycles. The number of hydrogen-bond donors (Lipinski definition) is 0. The minimum atomic E-state index is -3.07. The van der Waals surface area contributed by atoms with Gasteiger partial charge in [-0.3, -0.25) is 9.09 Å². The van der Waals surface area contributed by atoms with Gasteiger partial charge in [0.05, 0.1) is 6.10 Å². The summed E-state index contributed by atoms with van der Waals surface area (Å²) in [5.74, 6) is 3.39. The van der Waals surface area contributed by atoms with Gasteiger partial charge in [0.1, 0.15) is 0 Å². The van der Waals surface area contributed by atoms with E-state index in [0.717, 1.165) is 5.92 Å². The molecule has 0 aromatic rings. The zero-order valence-corrected chi connectivity index (χ0v) is 20.8. The predicted octanol–water partition coefficient (Wildman–Crippen LogP) is 6.08. The Balaban J connectivity index is 2.09. The maximum atomic E-state index is 13.8. The van der Waals surface area contributed by atoms with E-state index in [2.05, 4.69) is 46.4 Å². The van der Waals surface area contributed by atoms with Crippen LogP contribution in [0.4, 0.5) is 0 Å². The smallest absolute Gasteiger partial charge is 0.298 e. The van der Waals surface area contributed by atoms with Gasteiger partial charge in [-0.05, 0) is 107 Å². The van der Waals surface area contributed by atoms with Gasteiger partial charge in [0.2, 0.25) is 0 Å². The van der Waals surface area contributed by atoms with E-state index in [1.807, 2.05) is 28.2 Å². The van der Waals surface area contributed by atoms with Crippen LogP contribution in [0, 0.1) is 40.9 Å². The van der Waals surface area contributed by atoms with Crippen LogP contribution in [-0.2, 0) is 9.09 Å². The van der Waals surface area contributed by atoms with E-state index >= 15 is 0 Å². The fraction of sp³-hybridized carbons (Fsp3) is 0.833. The Labute approximate surface area is 179 Å². The Morgan fingerprint density at radius 2 is 1.83 bits per heavy atom. The lowest BCUT2D eigenvalue weighted by atomic mass is 9.64. The molecule has 7 atom stereocenters. The summed E-state index contributed by atoms with van der Waals surface area (Å²) in [7, 11) is 4.37. The lowest BCUT2D eigenvalue weighted by Gasteiger charge is -2.43. The van der Waals surface area contributed by atoms with E-state index in [-0.39, 0.29) is 6.10 Å². The first-order chi connectivity index (χ1) is 13.5. The molecule has 0 spiro atoms. The number of nitrogens with zero attached hydrogens (tertiary/aromatic N) is 2. The molecule has 2 fully saturated rings. The Kier molecular flexibility index (Phi) is 6.63. The van der Waals surface area contributed by atoms with Crippen molar-refractivity contribution in [1.82, 2.24) is 9.34 Å². The first-order valence-electron chi connectivity index (χ1n) is 11.4. The molecule has 166 valence electrons. The lowest BCUT2D eigenvalue weighted by Crippen LogP contribution is -2.40. The molecule has 0 bridgehead atoms. The van der Waals surface area contributed by atoms with Gasteiger partial charge < -0.3 is 0 Å². The first kappa shape index (κ1) is 23.3. The average Bonchev–Trinajstić information content (AvgIpc) is 3.19. The molecule has 0 amide bonds. The minimum absolute atomic E-state index is 0.114. The van der Waals surface area contributed by atoms with Crippen LogP contribution in [0.3, 0.4) is 0 Å². The van der Waals surface area contributed by atoms with Crippen molar-refractivity contribution in [3.63, 3.8) is 0 Å². The van der Waals surface area contributed by atoms with Crippen LogP contribution in [0.25, 0.3) is 0 Å². The van der Waals surface area contributed by atoms with Crippen LogP contribution in [0.1, 0.15) is 53.4 Å². The summed E-state index contributed by atoms with van der Waals surface area (Å²) < 4.78 is 24.0. The van der Waals surface area contributed by atoms with Crippen molar-refractivity contribution in [3.8, 4) is 0 Å². The number of hydrogen-bond acceptors (Lipinski definition) is 2. The van der Waals surface area contributed by atoms with Gasteiger partial charge >= 0.3 is 7.67 Å². The molecule has 2 saturated carbocycles. The van der Waals surface area contributed by atoms with Gasteiger partial charge in [0.25, 0.3) is 0 Å². The van der Waals surface area contributed by atoms with Gasteiger partial charge in [0.15, 0.2) is 0 Å². The molecule has 0 heterocycles. The van der Waals surface area contributed by atoms with Crippen LogP contribution in [-0.4, -0.2) is 43.6 Å². The Morgan fingerprint density at radius 1 is 1.21 bits per heavy atom. The van der Waals surface area contributed by atoms with Crippen molar-refractivity contribution in [2.24, 2.45) is 40.9 Å².